The highest BCUT2D eigenvalue weighted by Crippen LogP contribution is 2.26. The zero-order chi connectivity index (χ0) is 15.0. The zero-order valence-corrected chi connectivity index (χ0v) is 13.2. The van der Waals surface area contributed by atoms with Crippen molar-refractivity contribution >= 4 is 23.8 Å². The molecule has 0 bridgehead atoms. The number of carboxylic acid groups (broad SMARTS) is 1. The molecule has 1 aliphatic rings. The fourth-order valence-electron chi connectivity index (χ4n) is 2.54. The summed E-state index contributed by atoms with van der Waals surface area (Å²) in [6, 6.07) is -0.961. The Balaban J connectivity index is 2.38. The van der Waals surface area contributed by atoms with E-state index in [1.807, 2.05) is 18.7 Å². The van der Waals surface area contributed by atoms with E-state index in [2.05, 4.69) is 16.9 Å². The van der Waals surface area contributed by atoms with E-state index in [0.717, 1.165) is 32.1 Å². The molecule has 0 aromatic carbocycles. The maximum absolute atomic E-state index is 11.9. The molecule has 0 aliphatic heterocycles. The zero-order valence-electron chi connectivity index (χ0n) is 12.4. The van der Waals surface area contributed by atoms with Gasteiger partial charge in [0, 0.05) is 11.3 Å². The number of carboxylic acids is 1. The number of carbonyl (C=O) groups excluding carboxylic acids is 1. The largest absolute Gasteiger partial charge is 0.480 e. The SMILES string of the molecule is CCCCC(NC(=O)NC1CCCC(SC)C1)C(=O)O. The molecule has 0 radical (unpaired) electrons. The molecule has 0 heterocycles. The minimum atomic E-state index is -0.959. The van der Waals surface area contributed by atoms with Crippen LogP contribution in [-0.4, -0.2) is 40.7 Å². The molecule has 1 fully saturated rings. The van der Waals surface area contributed by atoms with Crippen LogP contribution in [0.1, 0.15) is 51.9 Å². The van der Waals surface area contributed by atoms with E-state index in [-0.39, 0.29) is 12.1 Å². The first kappa shape index (κ1) is 17.1. The maximum atomic E-state index is 11.9. The van der Waals surface area contributed by atoms with Crippen molar-refractivity contribution in [2.45, 2.75) is 69.2 Å². The summed E-state index contributed by atoms with van der Waals surface area (Å²) in [5.74, 6) is -0.959. The van der Waals surface area contributed by atoms with Gasteiger partial charge in [-0.3, -0.25) is 0 Å². The van der Waals surface area contributed by atoms with Crippen LogP contribution in [0.25, 0.3) is 0 Å². The van der Waals surface area contributed by atoms with Crippen LogP contribution in [0, 0.1) is 0 Å². The molecule has 1 rings (SSSR count). The number of carbonyl (C=O) groups is 2. The molecule has 1 aliphatic carbocycles. The average Bonchev–Trinajstić information content (AvgIpc) is 2.43. The first-order chi connectivity index (χ1) is 9.56. The van der Waals surface area contributed by atoms with Gasteiger partial charge in [0.15, 0.2) is 0 Å². The maximum Gasteiger partial charge on any atom is 0.326 e. The van der Waals surface area contributed by atoms with Gasteiger partial charge in [-0.1, -0.05) is 26.2 Å². The minimum absolute atomic E-state index is 0.168. The standard InChI is InChI=1S/C14H26N2O3S/c1-3-4-8-12(13(17)18)16-14(19)15-10-6-5-7-11(9-10)20-2/h10-12H,3-9H2,1-2H3,(H,17,18)(H2,15,16,19). The third-order valence-electron chi connectivity index (χ3n) is 3.74. The van der Waals surface area contributed by atoms with Gasteiger partial charge in [-0.25, -0.2) is 9.59 Å². The first-order valence-corrected chi connectivity index (χ1v) is 8.68. The second-order valence-corrected chi connectivity index (χ2v) is 6.51. The van der Waals surface area contributed by atoms with Crippen LogP contribution in [0.5, 0.6) is 0 Å². The Morgan fingerprint density at radius 3 is 2.75 bits per heavy atom. The van der Waals surface area contributed by atoms with E-state index >= 15 is 0 Å². The highest BCUT2D eigenvalue weighted by atomic mass is 32.2. The Morgan fingerprint density at radius 1 is 1.40 bits per heavy atom. The number of hydrogen-bond acceptors (Lipinski definition) is 3. The molecule has 0 spiro atoms. The predicted molar refractivity (Wildman–Crippen MR) is 82.2 cm³/mol. The van der Waals surface area contributed by atoms with Crippen molar-refractivity contribution in [1.29, 1.82) is 0 Å². The van der Waals surface area contributed by atoms with E-state index in [4.69, 9.17) is 5.11 Å². The van der Waals surface area contributed by atoms with Crippen molar-refractivity contribution in [3.63, 3.8) is 0 Å². The molecule has 0 aromatic rings. The van der Waals surface area contributed by atoms with Gasteiger partial charge in [-0.15, -0.1) is 0 Å². The van der Waals surface area contributed by atoms with Crippen molar-refractivity contribution in [3.8, 4) is 0 Å². The molecule has 5 nitrogen and oxygen atoms in total. The van der Waals surface area contributed by atoms with Gasteiger partial charge in [0.2, 0.25) is 0 Å². The molecule has 2 amide bonds. The van der Waals surface area contributed by atoms with Crippen molar-refractivity contribution in [1.82, 2.24) is 10.6 Å². The van der Waals surface area contributed by atoms with Crippen LogP contribution in [0.2, 0.25) is 0 Å². The van der Waals surface area contributed by atoms with Gasteiger partial charge in [0.25, 0.3) is 0 Å². The predicted octanol–water partition coefficient (Wildman–Crippen LogP) is 2.60. The fraction of sp³-hybridized carbons (Fsp3) is 0.857. The number of unbranched alkanes of at least 4 members (excludes halogenated alkanes) is 1. The monoisotopic (exact) mass is 302 g/mol. The fourth-order valence-corrected chi connectivity index (χ4v) is 3.37. The van der Waals surface area contributed by atoms with E-state index in [9.17, 15) is 9.59 Å². The molecule has 0 saturated heterocycles. The molecule has 3 unspecified atom stereocenters. The Labute approximate surface area is 125 Å². The molecule has 1 saturated carbocycles. The molecular formula is C14H26N2O3S. The van der Waals surface area contributed by atoms with Crippen molar-refractivity contribution in [3.05, 3.63) is 0 Å². The summed E-state index contributed by atoms with van der Waals surface area (Å²) in [7, 11) is 0. The minimum Gasteiger partial charge on any atom is -0.480 e. The van der Waals surface area contributed by atoms with Crippen molar-refractivity contribution < 1.29 is 14.7 Å². The molecule has 116 valence electrons. The van der Waals surface area contributed by atoms with Crippen LogP contribution in [0.4, 0.5) is 4.79 Å². The highest BCUT2D eigenvalue weighted by Gasteiger charge is 2.24. The average molecular weight is 302 g/mol. The lowest BCUT2D eigenvalue weighted by Crippen LogP contribution is -2.50. The number of urea groups is 1. The number of hydrogen-bond donors (Lipinski definition) is 3. The summed E-state index contributed by atoms with van der Waals surface area (Å²) in [5.41, 5.74) is 0. The van der Waals surface area contributed by atoms with Gasteiger partial charge in [-0.05, 0) is 31.9 Å². The lowest BCUT2D eigenvalue weighted by atomic mass is 9.95. The van der Waals surface area contributed by atoms with Crippen LogP contribution in [-0.2, 0) is 4.79 Å². The Kier molecular flexibility index (Phi) is 7.80. The molecular weight excluding hydrogens is 276 g/mol. The second kappa shape index (κ2) is 9.10. The van der Waals surface area contributed by atoms with Crippen LogP contribution >= 0.6 is 11.8 Å². The number of amides is 2. The molecule has 0 aromatic heterocycles. The molecule has 6 heteroatoms. The van der Waals surface area contributed by atoms with Crippen LogP contribution in [0.15, 0.2) is 0 Å². The summed E-state index contributed by atoms with van der Waals surface area (Å²) in [4.78, 5) is 23.0. The molecule has 3 atom stereocenters. The van der Waals surface area contributed by atoms with Crippen molar-refractivity contribution in [2.24, 2.45) is 0 Å². The number of thioether (sulfide) groups is 1. The van der Waals surface area contributed by atoms with Crippen molar-refractivity contribution in [2.75, 3.05) is 6.26 Å². The van der Waals surface area contributed by atoms with Gasteiger partial charge >= 0.3 is 12.0 Å². The highest BCUT2D eigenvalue weighted by molar-refractivity contribution is 7.99. The van der Waals surface area contributed by atoms with E-state index in [0.29, 0.717) is 11.7 Å². The number of aliphatic carboxylic acids is 1. The number of nitrogens with one attached hydrogen (secondary N) is 2. The van der Waals surface area contributed by atoms with Crippen LogP contribution < -0.4 is 10.6 Å². The Morgan fingerprint density at radius 2 is 2.15 bits per heavy atom. The first-order valence-electron chi connectivity index (χ1n) is 7.39. The van der Waals surface area contributed by atoms with Crippen LogP contribution in [0.3, 0.4) is 0 Å². The third kappa shape index (κ3) is 6.03. The summed E-state index contributed by atoms with van der Waals surface area (Å²) in [5, 5.41) is 15.2. The van der Waals surface area contributed by atoms with Gasteiger partial charge in [-0.2, -0.15) is 11.8 Å². The molecule has 3 N–H and O–H groups in total. The Bertz CT molecular complexity index is 326. The van der Waals surface area contributed by atoms with Gasteiger partial charge in [0.05, 0.1) is 0 Å². The third-order valence-corrected chi connectivity index (χ3v) is 4.84. The lowest BCUT2D eigenvalue weighted by molar-refractivity contribution is -0.139. The van der Waals surface area contributed by atoms with Gasteiger partial charge < -0.3 is 15.7 Å². The van der Waals surface area contributed by atoms with E-state index < -0.39 is 12.0 Å². The smallest absolute Gasteiger partial charge is 0.326 e. The number of rotatable bonds is 7. The summed E-state index contributed by atoms with van der Waals surface area (Å²) < 4.78 is 0. The lowest BCUT2D eigenvalue weighted by Gasteiger charge is -2.29. The quantitative estimate of drug-likeness (QED) is 0.675. The summed E-state index contributed by atoms with van der Waals surface area (Å²) in [6.07, 6.45) is 8.58. The van der Waals surface area contributed by atoms with E-state index in [1.54, 1.807) is 0 Å². The summed E-state index contributed by atoms with van der Waals surface area (Å²) in [6.45, 7) is 2.00. The van der Waals surface area contributed by atoms with E-state index in [1.165, 1.54) is 6.42 Å². The topological polar surface area (TPSA) is 78.4 Å². The van der Waals surface area contributed by atoms with Gasteiger partial charge in [0.1, 0.15) is 6.04 Å². The summed E-state index contributed by atoms with van der Waals surface area (Å²) >= 11 is 1.84. The Hall–Kier alpha value is -0.910. The normalized spacial score (nSPS) is 23.9. The molecule has 20 heavy (non-hydrogen) atoms. The second-order valence-electron chi connectivity index (χ2n) is 5.37.